The summed E-state index contributed by atoms with van der Waals surface area (Å²) in [5.41, 5.74) is 1.94. The van der Waals surface area contributed by atoms with E-state index in [2.05, 4.69) is 33.2 Å². The molecule has 0 aromatic heterocycles. The highest BCUT2D eigenvalue weighted by Crippen LogP contribution is 2.17. The lowest BCUT2D eigenvalue weighted by molar-refractivity contribution is -0.115. The third-order valence-electron chi connectivity index (χ3n) is 2.23. The number of carbonyl (C=O) groups excluding carboxylic acids is 1. The van der Waals surface area contributed by atoms with Crippen molar-refractivity contribution in [2.45, 2.75) is 6.92 Å². The van der Waals surface area contributed by atoms with E-state index in [1.807, 2.05) is 25.1 Å². The van der Waals surface area contributed by atoms with Crippen LogP contribution in [0.25, 0.3) is 0 Å². The molecule has 0 unspecified atom stereocenters. The molecule has 0 saturated heterocycles. The van der Waals surface area contributed by atoms with Crippen LogP contribution in [0.3, 0.4) is 0 Å². The summed E-state index contributed by atoms with van der Waals surface area (Å²) in [5, 5.41) is 5.87. The molecule has 17 heavy (non-hydrogen) atoms. The zero-order valence-electron chi connectivity index (χ0n) is 10.0. The van der Waals surface area contributed by atoms with Gasteiger partial charge in [-0.2, -0.15) is 0 Å². The van der Waals surface area contributed by atoms with Crippen LogP contribution in [0.2, 0.25) is 0 Å². The van der Waals surface area contributed by atoms with Crippen LogP contribution >= 0.6 is 22.6 Å². The standard InChI is InChI=1S/C12H17IN2O2/c1-9-7-10(13)3-4-11(9)15-12(16)8-14-5-6-17-2/h3-4,7,14H,5-6,8H2,1-2H3,(H,15,16). The summed E-state index contributed by atoms with van der Waals surface area (Å²) in [6.07, 6.45) is 0. The maximum Gasteiger partial charge on any atom is 0.238 e. The van der Waals surface area contributed by atoms with Gasteiger partial charge in [-0.1, -0.05) is 0 Å². The number of hydrogen-bond donors (Lipinski definition) is 2. The number of aryl methyl sites for hydroxylation is 1. The molecular formula is C12H17IN2O2. The fourth-order valence-corrected chi connectivity index (χ4v) is 1.98. The van der Waals surface area contributed by atoms with Crippen molar-refractivity contribution in [3.05, 3.63) is 27.3 Å². The quantitative estimate of drug-likeness (QED) is 0.609. The summed E-state index contributed by atoms with van der Waals surface area (Å²) >= 11 is 2.25. The molecule has 0 fully saturated rings. The number of ether oxygens (including phenoxy) is 1. The molecule has 0 aliphatic heterocycles. The van der Waals surface area contributed by atoms with Gasteiger partial charge in [-0.05, 0) is 53.3 Å². The molecule has 94 valence electrons. The first kappa shape index (κ1) is 14.4. The Hall–Kier alpha value is -0.660. The lowest BCUT2D eigenvalue weighted by atomic mass is 10.2. The fraction of sp³-hybridized carbons (Fsp3) is 0.417. The molecular weight excluding hydrogens is 331 g/mol. The van der Waals surface area contributed by atoms with E-state index in [1.165, 1.54) is 0 Å². The van der Waals surface area contributed by atoms with E-state index in [1.54, 1.807) is 7.11 Å². The van der Waals surface area contributed by atoms with E-state index in [0.29, 0.717) is 19.7 Å². The molecule has 5 heteroatoms. The molecule has 0 saturated carbocycles. The first-order valence-electron chi connectivity index (χ1n) is 5.39. The number of anilines is 1. The van der Waals surface area contributed by atoms with Crippen molar-refractivity contribution >= 4 is 34.2 Å². The molecule has 0 aliphatic rings. The maximum atomic E-state index is 11.6. The summed E-state index contributed by atoms with van der Waals surface area (Å²) in [5.74, 6) is -0.0367. The van der Waals surface area contributed by atoms with E-state index in [-0.39, 0.29) is 5.91 Å². The molecule has 1 aromatic carbocycles. The zero-order chi connectivity index (χ0) is 12.7. The van der Waals surface area contributed by atoms with Gasteiger partial charge in [0.1, 0.15) is 0 Å². The number of amides is 1. The second kappa shape index (κ2) is 7.62. The Balaban J connectivity index is 2.40. The summed E-state index contributed by atoms with van der Waals surface area (Å²) in [4.78, 5) is 11.6. The highest BCUT2D eigenvalue weighted by molar-refractivity contribution is 14.1. The van der Waals surface area contributed by atoms with Crippen molar-refractivity contribution in [3.63, 3.8) is 0 Å². The van der Waals surface area contributed by atoms with Crippen LogP contribution < -0.4 is 10.6 Å². The maximum absolute atomic E-state index is 11.6. The van der Waals surface area contributed by atoms with E-state index in [9.17, 15) is 4.79 Å². The van der Waals surface area contributed by atoms with Crippen LogP contribution in [0.4, 0.5) is 5.69 Å². The lowest BCUT2D eigenvalue weighted by Crippen LogP contribution is -2.30. The lowest BCUT2D eigenvalue weighted by Gasteiger charge is -2.09. The van der Waals surface area contributed by atoms with Crippen LogP contribution in [0.5, 0.6) is 0 Å². The molecule has 0 heterocycles. The average Bonchev–Trinajstić information content (AvgIpc) is 2.28. The van der Waals surface area contributed by atoms with Crippen LogP contribution in [0.15, 0.2) is 18.2 Å². The van der Waals surface area contributed by atoms with Gasteiger partial charge in [0.2, 0.25) is 5.91 Å². The average molecular weight is 348 g/mol. The fourth-order valence-electron chi connectivity index (χ4n) is 1.34. The van der Waals surface area contributed by atoms with Crippen molar-refractivity contribution in [2.24, 2.45) is 0 Å². The SMILES string of the molecule is COCCNCC(=O)Nc1ccc(I)cc1C. The van der Waals surface area contributed by atoms with E-state index < -0.39 is 0 Å². The predicted octanol–water partition coefficient (Wildman–Crippen LogP) is 1.77. The van der Waals surface area contributed by atoms with Crippen LogP contribution in [0, 0.1) is 10.5 Å². The minimum absolute atomic E-state index is 0.0367. The zero-order valence-corrected chi connectivity index (χ0v) is 12.2. The van der Waals surface area contributed by atoms with Gasteiger partial charge in [0.25, 0.3) is 0 Å². The van der Waals surface area contributed by atoms with Crippen molar-refractivity contribution in [1.82, 2.24) is 5.32 Å². The number of hydrogen-bond acceptors (Lipinski definition) is 3. The van der Waals surface area contributed by atoms with Crippen molar-refractivity contribution < 1.29 is 9.53 Å². The largest absolute Gasteiger partial charge is 0.383 e. The van der Waals surface area contributed by atoms with Gasteiger partial charge in [-0.3, -0.25) is 4.79 Å². The molecule has 0 aliphatic carbocycles. The molecule has 2 N–H and O–H groups in total. The van der Waals surface area contributed by atoms with Crippen molar-refractivity contribution in [3.8, 4) is 0 Å². The van der Waals surface area contributed by atoms with E-state index >= 15 is 0 Å². The Morgan fingerprint density at radius 2 is 2.24 bits per heavy atom. The van der Waals surface area contributed by atoms with Gasteiger partial charge in [0.15, 0.2) is 0 Å². The number of nitrogens with one attached hydrogen (secondary N) is 2. The monoisotopic (exact) mass is 348 g/mol. The van der Waals surface area contributed by atoms with Crippen LogP contribution in [0.1, 0.15) is 5.56 Å². The van der Waals surface area contributed by atoms with E-state index in [0.717, 1.165) is 14.8 Å². The minimum atomic E-state index is -0.0367. The molecule has 0 bridgehead atoms. The van der Waals surface area contributed by atoms with Crippen LogP contribution in [-0.2, 0) is 9.53 Å². The molecule has 1 amide bonds. The third-order valence-corrected chi connectivity index (χ3v) is 2.90. The van der Waals surface area contributed by atoms with Crippen molar-refractivity contribution in [1.29, 1.82) is 0 Å². The third kappa shape index (κ3) is 5.47. The number of halogens is 1. The molecule has 1 aromatic rings. The topological polar surface area (TPSA) is 50.4 Å². The highest BCUT2D eigenvalue weighted by atomic mass is 127. The molecule has 1 rings (SSSR count). The first-order valence-corrected chi connectivity index (χ1v) is 6.47. The van der Waals surface area contributed by atoms with Crippen molar-refractivity contribution in [2.75, 3.05) is 32.1 Å². The Morgan fingerprint density at radius 3 is 2.88 bits per heavy atom. The molecule has 0 atom stereocenters. The van der Waals surface area contributed by atoms with Gasteiger partial charge in [-0.25, -0.2) is 0 Å². The second-order valence-electron chi connectivity index (χ2n) is 3.68. The molecule has 4 nitrogen and oxygen atoms in total. The smallest absolute Gasteiger partial charge is 0.238 e. The summed E-state index contributed by atoms with van der Waals surface area (Å²) in [7, 11) is 1.64. The Morgan fingerprint density at radius 1 is 1.47 bits per heavy atom. The summed E-state index contributed by atoms with van der Waals surface area (Å²) in [6.45, 7) is 3.57. The Labute approximate surface area is 115 Å². The normalized spacial score (nSPS) is 10.3. The minimum Gasteiger partial charge on any atom is -0.383 e. The number of benzene rings is 1. The van der Waals surface area contributed by atoms with Gasteiger partial charge in [-0.15, -0.1) is 0 Å². The van der Waals surface area contributed by atoms with Gasteiger partial charge in [0.05, 0.1) is 13.2 Å². The highest BCUT2D eigenvalue weighted by Gasteiger charge is 2.04. The Bertz CT molecular complexity index is 383. The number of methoxy groups -OCH3 is 1. The molecule has 0 spiro atoms. The molecule has 0 radical (unpaired) electrons. The first-order chi connectivity index (χ1) is 8.13. The number of carbonyl (C=O) groups is 1. The van der Waals surface area contributed by atoms with Crippen LogP contribution in [-0.4, -0.2) is 32.7 Å². The summed E-state index contributed by atoms with van der Waals surface area (Å²) in [6, 6.07) is 5.93. The van der Waals surface area contributed by atoms with Gasteiger partial charge < -0.3 is 15.4 Å². The number of rotatable bonds is 6. The summed E-state index contributed by atoms with van der Waals surface area (Å²) < 4.78 is 6.04. The Kier molecular flexibility index (Phi) is 6.46. The second-order valence-corrected chi connectivity index (χ2v) is 4.92. The van der Waals surface area contributed by atoms with Gasteiger partial charge in [0, 0.05) is 22.9 Å². The van der Waals surface area contributed by atoms with Gasteiger partial charge >= 0.3 is 0 Å². The van der Waals surface area contributed by atoms with E-state index in [4.69, 9.17) is 4.74 Å². The predicted molar refractivity (Wildman–Crippen MR) is 77.3 cm³/mol.